The van der Waals surface area contributed by atoms with Crippen LogP contribution >= 0.6 is 11.6 Å². The van der Waals surface area contributed by atoms with Gasteiger partial charge in [-0.05, 0) is 29.3 Å². The van der Waals surface area contributed by atoms with E-state index in [9.17, 15) is 19.7 Å². The van der Waals surface area contributed by atoms with Gasteiger partial charge < -0.3 is 19.7 Å². The van der Waals surface area contributed by atoms with Gasteiger partial charge in [-0.15, -0.1) is 0 Å². The van der Waals surface area contributed by atoms with Crippen LogP contribution in [0.5, 0.6) is 11.5 Å². The van der Waals surface area contributed by atoms with Gasteiger partial charge in [0, 0.05) is 37.2 Å². The molecule has 0 aliphatic heterocycles. The molecule has 1 atom stereocenters. The summed E-state index contributed by atoms with van der Waals surface area (Å²) in [6.07, 6.45) is 0.290. The van der Waals surface area contributed by atoms with Crippen LogP contribution in [-0.2, 0) is 22.6 Å². The lowest BCUT2D eigenvalue weighted by atomic mass is 10.0. The largest absolute Gasteiger partial charge is 0.490 e. The second kappa shape index (κ2) is 12.6. The summed E-state index contributed by atoms with van der Waals surface area (Å²) in [5.74, 6) is -0.552. The summed E-state index contributed by atoms with van der Waals surface area (Å²) in [6, 6.07) is 19.6. The lowest BCUT2D eigenvalue weighted by Crippen LogP contribution is -2.51. The van der Waals surface area contributed by atoms with Gasteiger partial charge in [-0.25, -0.2) is 0 Å². The quantitative estimate of drug-likeness (QED) is 0.307. The summed E-state index contributed by atoms with van der Waals surface area (Å²) in [5, 5.41) is 14.3. The number of methoxy groups -OCH3 is 1. The molecule has 1 N–H and O–H groups in total. The van der Waals surface area contributed by atoms with Gasteiger partial charge >= 0.3 is 5.69 Å². The Morgan fingerprint density at radius 3 is 2.42 bits per heavy atom. The maximum atomic E-state index is 13.4. The molecule has 1 unspecified atom stereocenters. The fourth-order valence-corrected chi connectivity index (χ4v) is 3.89. The molecule has 0 radical (unpaired) electrons. The molecular formula is C26H26ClN3O6. The number of nitrogens with zero attached hydrogens (tertiary/aromatic N) is 2. The Balaban J connectivity index is 1.88. The predicted molar refractivity (Wildman–Crippen MR) is 135 cm³/mol. The first-order valence-electron chi connectivity index (χ1n) is 11.1. The van der Waals surface area contributed by atoms with Gasteiger partial charge in [-0.1, -0.05) is 54.1 Å². The second-order valence-electron chi connectivity index (χ2n) is 7.85. The first-order chi connectivity index (χ1) is 17.3. The molecule has 10 heteroatoms. The highest BCUT2D eigenvalue weighted by molar-refractivity contribution is 6.30. The Morgan fingerprint density at radius 1 is 1.06 bits per heavy atom. The third-order valence-electron chi connectivity index (χ3n) is 5.47. The molecule has 0 saturated heterocycles. The molecule has 0 saturated carbocycles. The molecule has 2 amide bonds. The Hall–Kier alpha value is -4.11. The van der Waals surface area contributed by atoms with Crippen molar-refractivity contribution in [2.45, 2.75) is 19.0 Å². The van der Waals surface area contributed by atoms with E-state index in [1.165, 1.54) is 37.3 Å². The highest BCUT2D eigenvalue weighted by atomic mass is 35.5. The first kappa shape index (κ1) is 26.5. The molecule has 0 spiro atoms. The minimum atomic E-state index is -0.820. The van der Waals surface area contributed by atoms with Gasteiger partial charge in [0.25, 0.3) is 5.91 Å². The van der Waals surface area contributed by atoms with Gasteiger partial charge in [0.05, 0.1) is 12.0 Å². The number of hydrogen-bond acceptors (Lipinski definition) is 6. The van der Waals surface area contributed by atoms with Gasteiger partial charge in [0.15, 0.2) is 6.61 Å². The Kier molecular flexibility index (Phi) is 9.24. The maximum absolute atomic E-state index is 13.4. The van der Waals surface area contributed by atoms with Crippen molar-refractivity contribution in [3.05, 3.63) is 99.1 Å². The van der Waals surface area contributed by atoms with E-state index in [0.29, 0.717) is 5.02 Å². The Labute approximate surface area is 213 Å². The topological polar surface area (TPSA) is 111 Å². The summed E-state index contributed by atoms with van der Waals surface area (Å²) >= 11 is 6.14. The van der Waals surface area contributed by atoms with Crippen molar-refractivity contribution in [3.8, 4) is 11.5 Å². The summed E-state index contributed by atoms with van der Waals surface area (Å²) in [4.78, 5) is 38.4. The number of nitro benzene ring substituents is 1. The van der Waals surface area contributed by atoms with E-state index in [-0.39, 0.29) is 36.1 Å². The van der Waals surface area contributed by atoms with Crippen LogP contribution in [0.4, 0.5) is 5.69 Å². The Morgan fingerprint density at radius 2 is 1.78 bits per heavy atom. The smallest absolute Gasteiger partial charge is 0.311 e. The average Bonchev–Trinajstić information content (AvgIpc) is 2.89. The molecule has 9 nitrogen and oxygen atoms in total. The third kappa shape index (κ3) is 6.96. The van der Waals surface area contributed by atoms with Crippen molar-refractivity contribution in [3.63, 3.8) is 0 Å². The predicted octanol–water partition coefficient (Wildman–Crippen LogP) is 4.02. The highest BCUT2D eigenvalue weighted by Crippen LogP contribution is 2.30. The van der Waals surface area contributed by atoms with Crippen molar-refractivity contribution in [2.24, 2.45) is 0 Å². The van der Waals surface area contributed by atoms with Crippen LogP contribution < -0.4 is 14.8 Å². The lowest BCUT2D eigenvalue weighted by Gasteiger charge is -2.31. The number of nitro groups is 1. The number of ether oxygens (including phenoxy) is 2. The first-order valence-corrected chi connectivity index (χ1v) is 11.4. The average molecular weight is 512 g/mol. The summed E-state index contributed by atoms with van der Waals surface area (Å²) in [5.41, 5.74) is 1.41. The molecule has 3 aromatic rings. The third-order valence-corrected chi connectivity index (χ3v) is 5.70. The molecule has 3 rings (SSSR count). The monoisotopic (exact) mass is 511 g/mol. The van der Waals surface area contributed by atoms with Gasteiger partial charge in [0.2, 0.25) is 11.7 Å². The van der Waals surface area contributed by atoms with Crippen molar-refractivity contribution < 1.29 is 24.0 Å². The van der Waals surface area contributed by atoms with E-state index in [4.69, 9.17) is 21.1 Å². The standard InChI is InChI=1S/C26H26ClN3O6/c1-28-26(32)23(14-18-7-4-3-5-8-18)29(16-19-9-6-10-20(27)13-19)25(31)17-36-21-11-12-22(30(33)34)24(15-21)35-2/h3-13,15,23H,14,16-17H2,1-2H3,(H,28,32). The lowest BCUT2D eigenvalue weighted by molar-refractivity contribution is -0.385. The van der Waals surface area contributed by atoms with Crippen molar-refractivity contribution in [1.29, 1.82) is 0 Å². The fourth-order valence-electron chi connectivity index (χ4n) is 3.68. The molecule has 0 aromatic heterocycles. The molecule has 0 fully saturated rings. The number of hydrogen-bond donors (Lipinski definition) is 1. The number of benzene rings is 3. The number of carbonyl (C=O) groups excluding carboxylic acids is 2. The summed E-state index contributed by atoms with van der Waals surface area (Å²) < 4.78 is 10.7. The molecule has 188 valence electrons. The molecule has 3 aromatic carbocycles. The van der Waals surface area contributed by atoms with Crippen LogP contribution in [0.1, 0.15) is 11.1 Å². The SMILES string of the molecule is CNC(=O)C(Cc1ccccc1)N(Cc1cccc(Cl)c1)C(=O)COc1ccc([N+](=O)[O-])c(OC)c1. The van der Waals surface area contributed by atoms with E-state index in [1.54, 1.807) is 18.2 Å². The summed E-state index contributed by atoms with van der Waals surface area (Å²) in [7, 11) is 2.82. The molecule has 0 bridgehead atoms. The number of carbonyl (C=O) groups is 2. The van der Waals surface area contributed by atoms with Crippen molar-refractivity contribution in [2.75, 3.05) is 20.8 Å². The normalized spacial score (nSPS) is 11.3. The van der Waals surface area contributed by atoms with Crippen LogP contribution in [0.3, 0.4) is 0 Å². The van der Waals surface area contributed by atoms with Gasteiger partial charge in [0.1, 0.15) is 11.8 Å². The minimum Gasteiger partial charge on any atom is -0.490 e. The van der Waals surface area contributed by atoms with Crippen LogP contribution in [0, 0.1) is 10.1 Å². The number of rotatable bonds is 11. The van der Waals surface area contributed by atoms with E-state index in [2.05, 4.69) is 5.32 Å². The maximum Gasteiger partial charge on any atom is 0.311 e. The molecule has 0 aliphatic rings. The number of halogens is 1. The van der Waals surface area contributed by atoms with Crippen molar-refractivity contribution in [1.82, 2.24) is 10.2 Å². The molecule has 0 heterocycles. The van der Waals surface area contributed by atoms with E-state index >= 15 is 0 Å². The number of amides is 2. The molecule has 0 aliphatic carbocycles. The Bertz CT molecular complexity index is 1220. The zero-order chi connectivity index (χ0) is 26.1. The summed E-state index contributed by atoms with van der Waals surface area (Å²) in [6.45, 7) is -0.277. The fraction of sp³-hybridized carbons (Fsp3) is 0.231. The molecule has 36 heavy (non-hydrogen) atoms. The van der Waals surface area contributed by atoms with Crippen molar-refractivity contribution >= 4 is 29.1 Å². The van der Waals surface area contributed by atoms with Crippen LogP contribution in [-0.4, -0.2) is 48.4 Å². The van der Waals surface area contributed by atoms with Crippen LogP contribution in [0.15, 0.2) is 72.8 Å². The zero-order valence-corrected chi connectivity index (χ0v) is 20.6. The van der Waals surface area contributed by atoms with Gasteiger partial charge in [-0.3, -0.25) is 19.7 Å². The minimum absolute atomic E-state index is 0.00745. The number of likely N-dealkylation sites (N-methyl/N-ethyl adjacent to an activating group) is 1. The van der Waals surface area contributed by atoms with Crippen LogP contribution in [0.2, 0.25) is 5.02 Å². The highest BCUT2D eigenvalue weighted by Gasteiger charge is 2.30. The number of nitrogens with one attached hydrogen (secondary N) is 1. The van der Waals surface area contributed by atoms with E-state index < -0.39 is 23.5 Å². The molecular weight excluding hydrogens is 486 g/mol. The van der Waals surface area contributed by atoms with E-state index in [1.807, 2.05) is 36.4 Å². The second-order valence-corrected chi connectivity index (χ2v) is 8.29. The van der Waals surface area contributed by atoms with E-state index in [0.717, 1.165) is 11.1 Å². The van der Waals surface area contributed by atoms with Crippen LogP contribution in [0.25, 0.3) is 0 Å². The zero-order valence-electron chi connectivity index (χ0n) is 19.8. The van der Waals surface area contributed by atoms with Gasteiger partial charge in [-0.2, -0.15) is 0 Å².